The quantitative estimate of drug-likeness (QED) is 0.830. The van der Waals surface area contributed by atoms with E-state index >= 15 is 0 Å². The molecule has 0 spiro atoms. The summed E-state index contributed by atoms with van der Waals surface area (Å²) in [5.41, 5.74) is 1.38. The lowest BCUT2D eigenvalue weighted by atomic mass is 10.3. The summed E-state index contributed by atoms with van der Waals surface area (Å²) in [4.78, 5) is 16.0. The second kappa shape index (κ2) is 4.28. The first kappa shape index (κ1) is 10.8. The third-order valence-corrected chi connectivity index (χ3v) is 2.29. The van der Waals surface area contributed by atoms with E-state index in [0.29, 0.717) is 16.4 Å². The van der Waals surface area contributed by atoms with Crippen LogP contribution >= 0.6 is 11.6 Å². The van der Waals surface area contributed by atoms with Crippen molar-refractivity contribution in [2.45, 2.75) is 6.92 Å². The number of hydrogen-bond acceptors (Lipinski definition) is 3. The van der Waals surface area contributed by atoms with Crippen molar-refractivity contribution < 1.29 is 9.90 Å². The van der Waals surface area contributed by atoms with Crippen LogP contribution in [0, 0.1) is 6.92 Å². The average molecular weight is 215 g/mol. The molecule has 4 nitrogen and oxygen atoms in total. The van der Waals surface area contributed by atoms with Crippen LogP contribution in [0.15, 0.2) is 12.3 Å². The number of pyridine rings is 1. The Bertz CT molecular complexity index is 355. The smallest absolute Gasteiger partial charge is 0.323 e. The standard InChI is InChI=1S/C9H11ClN2O2/c1-6-9(10)7(3-4-11-6)12(2)5-8(13)14/h3-4H,5H2,1-2H3,(H,13,14). The van der Waals surface area contributed by atoms with Crippen LogP contribution in [0.2, 0.25) is 5.02 Å². The zero-order valence-corrected chi connectivity index (χ0v) is 8.75. The van der Waals surface area contributed by atoms with Gasteiger partial charge >= 0.3 is 5.97 Å². The van der Waals surface area contributed by atoms with Gasteiger partial charge in [-0.25, -0.2) is 0 Å². The van der Waals surface area contributed by atoms with Crippen LogP contribution < -0.4 is 4.90 Å². The highest BCUT2D eigenvalue weighted by atomic mass is 35.5. The van der Waals surface area contributed by atoms with Crippen LogP contribution in [0.3, 0.4) is 0 Å². The summed E-state index contributed by atoms with van der Waals surface area (Å²) < 4.78 is 0. The second-order valence-electron chi connectivity index (χ2n) is 2.98. The predicted molar refractivity (Wildman–Crippen MR) is 54.9 cm³/mol. The van der Waals surface area contributed by atoms with Crippen molar-refractivity contribution in [1.82, 2.24) is 4.98 Å². The maximum Gasteiger partial charge on any atom is 0.323 e. The Labute approximate surface area is 87.1 Å². The van der Waals surface area contributed by atoms with Gasteiger partial charge in [0.15, 0.2) is 0 Å². The minimum Gasteiger partial charge on any atom is -0.480 e. The molecule has 0 radical (unpaired) electrons. The predicted octanol–water partition coefficient (Wildman–Crippen LogP) is 1.56. The first-order valence-corrected chi connectivity index (χ1v) is 4.44. The average Bonchev–Trinajstić information content (AvgIpc) is 2.08. The van der Waals surface area contributed by atoms with Gasteiger partial charge in [-0.3, -0.25) is 9.78 Å². The first-order chi connectivity index (χ1) is 6.52. The van der Waals surface area contributed by atoms with Crippen LogP contribution in [-0.2, 0) is 4.79 Å². The fraction of sp³-hybridized carbons (Fsp3) is 0.333. The molecule has 1 N–H and O–H groups in total. The van der Waals surface area contributed by atoms with Gasteiger partial charge in [0, 0.05) is 13.2 Å². The zero-order chi connectivity index (χ0) is 10.7. The largest absolute Gasteiger partial charge is 0.480 e. The molecule has 0 saturated carbocycles. The van der Waals surface area contributed by atoms with Crippen molar-refractivity contribution in [3.05, 3.63) is 23.0 Å². The lowest BCUT2D eigenvalue weighted by Gasteiger charge is -2.18. The molecule has 1 aromatic heterocycles. The van der Waals surface area contributed by atoms with Gasteiger partial charge in [0.2, 0.25) is 0 Å². The zero-order valence-electron chi connectivity index (χ0n) is 7.99. The summed E-state index contributed by atoms with van der Waals surface area (Å²) in [7, 11) is 1.68. The molecule has 0 bridgehead atoms. The second-order valence-corrected chi connectivity index (χ2v) is 3.36. The summed E-state index contributed by atoms with van der Waals surface area (Å²) in [5.74, 6) is -0.891. The highest BCUT2D eigenvalue weighted by molar-refractivity contribution is 6.33. The van der Waals surface area contributed by atoms with Crippen molar-refractivity contribution in [3.8, 4) is 0 Å². The summed E-state index contributed by atoms with van der Waals surface area (Å²) in [5, 5.41) is 9.10. The minimum absolute atomic E-state index is 0.0802. The van der Waals surface area contributed by atoms with Crippen LogP contribution in [0.1, 0.15) is 5.69 Å². The van der Waals surface area contributed by atoms with Crippen molar-refractivity contribution >= 4 is 23.3 Å². The van der Waals surface area contributed by atoms with Gasteiger partial charge in [-0.1, -0.05) is 11.6 Å². The monoisotopic (exact) mass is 214 g/mol. The molecule has 0 aliphatic carbocycles. The number of likely N-dealkylation sites (N-methyl/N-ethyl adjacent to an activating group) is 1. The molecule has 0 aromatic carbocycles. The summed E-state index contributed by atoms with van der Waals surface area (Å²) in [6.45, 7) is 1.70. The van der Waals surface area contributed by atoms with Crippen molar-refractivity contribution in [2.24, 2.45) is 0 Å². The van der Waals surface area contributed by atoms with E-state index in [1.54, 1.807) is 31.1 Å². The summed E-state index contributed by atoms with van der Waals surface area (Å²) in [6.07, 6.45) is 1.61. The molecule has 0 amide bonds. The van der Waals surface area contributed by atoms with Crippen LogP contribution in [-0.4, -0.2) is 29.7 Å². The third kappa shape index (κ3) is 2.35. The molecule has 0 aliphatic heterocycles. The Morgan fingerprint density at radius 1 is 1.71 bits per heavy atom. The molecule has 1 rings (SSSR count). The van der Waals surface area contributed by atoms with Crippen molar-refractivity contribution in [2.75, 3.05) is 18.5 Å². The molecule has 0 fully saturated rings. The Hall–Kier alpha value is -1.29. The molecule has 5 heteroatoms. The molecule has 0 aliphatic rings. The number of halogens is 1. The van der Waals surface area contributed by atoms with E-state index in [2.05, 4.69) is 4.98 Å². The van der Waals surface area contributed by atoms with E-state index < -0.39 is 5.97 Å². The van der Waals surface area contributed by atoms with Gasteiger partial charge in [-0.2, -0.15) is 0 Å². The lowest BCUT2D eigenvalue weighted by Crippen LogP contribution is -2.25. The van der Waals surface area contributed by atoms with Crippen molar-refractivity contribution in [3.63, 3.8) is 0 Å². The number of aliphatic carboxylic acids is 1. The van der Waals surface area contributed by atoms with Crippen LogP contribution in [0.25, 0.3) is 0 Å². The number of aromatic nitrogens is 1. The maximum absolute atomic E-state index is 10.5. The molecule has 1 heterocycles. The van der Waals surface area contributed by atoms with Gasteiger partial charge < -0.3 is 10.0 Å². The number of carbonyl (C=O) groups is 1. The van der Waals surface area contributed by atoms with E-state index in [-0.39, 0.29) is 6.54 Å². The van der Waals surface area contributed by atoms with E-state index in [4.69, 9.17) is 16.7 Å². The van der Waals surface area contributed by atoms with Crippen molar-refractivity contribution in [1.29, 1.82) is 0 Å². The molecule has 0 unspecified atom stereocenters. The number of carboxylic acids is 1. The van der Waals surface area contributed by atoms with Gasteiger partial charge in [-0.15, -0.1) is 0 Å². The van der Waals surface area contributed by atoms with Gasteiger partial charge in [-0.05, 0) is 13.0 Å². The summed E-state index contributed by atoms with van der Waals surface area (Å²) >= 11 is 5.97. The third-order valence-electron chi connectivity index (χ3n) is 1.83. The highest BCUT2D eigenvalue weighted by Crippen LogP contribution is 2.25. The summed E-state index contributed by atoms with van der Waals surface area (Å²) in [6, 6.07) is 1.69. The van der Waals surface area contributed by atoms with E-state index in [1.165, 1.54) is 0 Å². The number of carboxylic acid groups (broad SMARTS) is 1. The molecular weight excluding hydrogens is 204 g/mol. The van der Waals surface area contributed by atoms with E-state index in [0.717, 1.165) is 0 Å². The molecular formula is C9H11ClN2O2. The van der Waals surface area contributed by atoms with Gasteiger partial charge in [0.25, 0.3) is 0 Å². The van der Waals surface area contributed by atoms with Gasteiger partial charge in [0.1, 0.15) is 6.54 Å². The number of anilines is 1. The normalized spacial score (nSPS) is 9.93. The molecule has 14 heavy (non-hydrogen) atoms. The Kier molecular flexibility index (Phi) is 3.30. The first-order valence-electron chi connectivity index (χ1n) is 4.06. The Morgan fingerprint density at radius 2 is 2.36 bits per heavy atom. The fourth-order valence-electron chi connectivity index (χ4n) is 1.12. The highest BCUT2D eigenvalue weighted by Gasteiger charge is 2.10. The topological polar surface area (TPSA) is 53.4 Å². The number of nitrogens with zero attached hydrogens (tertiary/aromatic N) is 2. The molecule has 0 atom stereocenters. The Balaban J connectivity index is 2.95. The molecule has 1 aromatic rings. The number of hydrogen-bond donors (Lipinski definition) is 1. The maximum atomic E-state index is 10.5. The number of rotatable bonds is 3. The lowest BCUT2D eigenvalue weighted by molar-refractivity contribution is -0.135. The van der Waals surface area contributed by atoms with E-state index in [9.17, 15) is 4.79 Å². The van der Waals surface area contributed by atoms with Crippen LogP contribution in [0.5, 0.6) is 0 Å². The molecule has 76 valence electrons. The Morgan fingerprint density at radius 3 is 2.93 bits per heavy atom. The fourth-order valence-corrected chi connectivity index (χ4v) is 1.37. The van der Waals surface area contributed by atoms with E-state index in [1.807, 2.05) is 0 Å². The van der Waals surface area contributed by atoms with Gasteiger partial charge in [0.05, 0.1) is 16.4 Å². The minimum atomic E-state index is -0.891. The number of aryl methyl sites for hydroxylation is 1. The van der Waals surface area contributed by atoms with Crippen LogP contribution in [0.4, 0.5) is 5.69 Å². The molecule has 0 saturated heterocycles. The SMILES string of the molecule is Cc1nccc(N(C)CC(=O)O)c1Cl.